The second kappa shape index (κ2) is 7.95. The van der Waals surface area contributed by atoms with Crippen LogP contribution in [0.3, 0.4) is 0 Å². The van der Waals surface area contributed by atoms with E-state index in [0.717, 1.165) is 23.5 Å². The number of ether oxygens (including phenoxy) is 2. The maximum atomic E-state index is 9.17. The van der Waals surface area contributed by atoms with E-state index in [4.69, 9.17) is 14.6 Å². The highest BCUT2D eigenvalue weighted by molar-refractivity contribution is 5.42. The molecule has 102 valence electrons. The molecule has 1 aromatic rings. The Bertz CT molecular complexity index is 353. The predicted molar refractivity (Wildman–Crippen MR) is 72.2 cm³/mol. The van der Waals surface area contributed by atoms with E-state index in [-0.39, 0.29) is 6.10 Å². The molecule has 0 heterocycles. The molecular weight excluding hydrogens is 230 g/mol. The van der Waals surface area contributed by atoms with E-state index < -0.39 is 0 Å². The lowest BCUT2D eigenvalue weighted by atomic mass is 10.2. The molecule has 0 spiro atoms. The van der Waals surface area contributed by atoms with Gasteiger partial charge in [-0.05, 0) is 31.0 Å². The normalized spacial score (nSPS) is 12.2. The van der Waals surface area contributed by atoms with Gasteiger partial charge in [-0.15, -0.1) is 0 Å². The van der Waals surface area contributed by atoms with Crippen molar-refractivity contribution in [2.75, 3.05) is 20.3 Å². The van der Waals surface area contributed by atoms with Crippen LogP contribution in [-0.4, -0.2) is 31.5 Å². The first kappa shape index (κ1) is 14.8. The summed E-state index contributed by atoms with van der Waals surface area (Å²) < 4.78 is 10.9. The summed E-state index contributed by atoms with van der Waals surface area (Å²) in [6.07, 6.45) is 0.639. The van der Waals surface area contributed by atoms with E-state index in [1.165, 1.54) is 0 Å². The van der Waals surface area contributed by atoms with Crippen molar-refractivity contribution in [1.82, 2.24) is 5.32 Å². The van der Waals surface area contributed by atoms with Crippen molar-refractivity contribution < 1.29 is 14.6 Å². The van der Waals surface area contributed by atoms with Crippen LogP contribution in [0.2, 0.25) is 0 Å². The van der Waals surface area contributed by atoms with Crippen molar-refractivity contribution in [2.24, 2.45) is 0 Å². The number of hydrogen-bond acceptors (Lipinski definition) is 4. The number of benzene rings is 1. The number of rotatable bonds is 8. The molecule has 0 radical (unpaired) electrons. The molecule has 4 heteroatoms. The molecule has 0 unspecified atom stereocenters. The highest BCUT2D eigenvalue weighted by atomic mass is 16.5. The zero-order chi connectivity index (χ0) is 13.4. The molecule has 0 saturated heterocycles. The molecular formula is C14H23NO3. The molecule has 0 saturated carbocycles. The van der Waals surface area contributed by atoms with Gasteiger partial charge in [-0.25, -0.2) is 0 Å². The zero-order valence-electron chi connectivity index (χ0n) is 11.4. The van der Waals surface area contributed by atoms with Gasteiger partial charge in [0.05, 0.1) is 19.8 Å². The van der Waals surface area contributed by atoms with Crippen LogP contribution in [0.15, 0.2) is 18.2 Å². The lowest BCUT2D eigenvalue weighted by Gasteiger charge is -2.12. The van der Waals surface area contributed by atoms with Gasteiger partial charge in [-0.2, -0.15) is 0 Å². The molecule has 0 aliphatic heterocycles. The van der Waals surface area contributed by atoms with Gasteiger partial charge in [0, 0.05) is 13.1 Å². The summed E-state index contributed by atoms with van der Waals surface area (Å²) in [5, 5.41) is 12.3. The summed E-state index contributed by atoms with van der Waals surface area (Å²) in [6.45, 7) is 5.80. The van der Waals surface area contributed by atoms with Crippen LogP contribution >= 0.6 is 0 Å². The van der Waals surface area contributed by atoms with Crippen molar-refractivity contribution in [2.45, 2.75) is 32.9 Å². The summed E-state index contributed by atoms with van der Waals surface area (Å²) >= 11 is 0. The highest BCUT2D eigenvalue weighted by Gasteiger charge is 2.05. The first-order valence-corrected chi connectivity index (χ1v) is 6.35. The smallest absolute Gasteiger partial charge is 0.161 e. The third-order valence-corrected chi connectivity index (χ3v) is 2.46. The van der Waals surface area contributed by atoms with Gasteiger partial charge in [0.15, 0.2) is 11.5 Å². The van der Waals surface area contributed by atoms with Gasteiger partial charge in [0.25, 0.3) is 0 Å². The molecule has 1 rings (SSSR count). The Morgan fingerprint density at radius 2 is 2.11 bits per heavy atom. The number of aliphatic hydroxyl groups is 1. The largest absolute Gasteiger partial charge is 0.493 e. The molecule has 0 aromatic heterocycles. The number of hydrogen-bond donors (Lipinski definition) is 2. The molecule has 0 aliphatic rings. The van der Waals surface area contributed by atoms with Crippen molar-refractivity contribution in [1.29, 1.82) is 0 Å². The fourth-order valence-corrected chi connectivity index (χ4v) is 1.58. The van der Waals surface area contributed by atoms with Gasteiger partial charge < -0.3 is 19.9 Å². The molecule has 0 aliphatic carbocycles. The minimum Gasteiger partial charge on any atom is -0.493 e. The van der Waals surface area contributed by atoms with E-state index in [9.17, 15) is 0 Å². The van der Waals surface area contributed by atoms with E-state index in [0.29, 0.717) is 19.7 Å². The van der Waals surface area contributed by atoms with Crippen LogP contribution in [-0.2, 0) is 6.54 Å². The van der Waals surface area contributed by atoms with E-state index in [2.05, 4.69) is 12.2 Å². The maximum absolute atomic E-state index is 9.17. The van der Waals surface area contributed by atoms with Gasteiger partial charge in [0.2, 0.25) is 0 Å². The molecule has 2 N–H and O–H groups in total. The maximum Gasteiger partial charge on any atom is 0.161 e. The Morgan fingerprint density at radius 1 is 1.33 bits per heavy atom. The van der Waals surface area contributed by atoms with Gasteiger partial charge in [0.1, 0.15) is 0 Å². The minimum absolute atomic E-state index is 0.334. The lowest BCUT2D eigenvalue weighted by molar-refractivity contribution is 0.191. The number of methoxy groups -OCH3 is 1. The van der Waals surface area contributed by atoms with Crippen molar-refractivity contribution in [3.05, 3.63) is 23.8 Å². The van der Waals surface area contributed by atoms with Crippen molar-refractivity contribution in [3.8, 4) is 11.5 Å². The number of aliphatic hydroxyl groups excluding tert-OH is 1. The Hall–Kier alpha value is -1.26. The molecule has 1 atom stereocenters. The third-order valence-electron chi connectivity index (χ3n) is 2.46. The van der Waals surface area contributed by atoms with E-state index in [1.807, 2.05) is 18.2 Å². The molecule has 1 aromatic carbocycles. The van der Waals surface area contributed by atoms with E-state index in [1.54, 1.807) is 14.0 Å². The number of nitrogens with one attached hydrogen (secondary N) is 1. The van der Waals surface area contributed by atoms with Gasteiger partial charge >= 0.3 is 0 Å². The predicted octanol–water partition coefficient (Wildman–Crippen LogP) is 1.95. The van der Waals surface area contributed by atoms with Crippen LogP contribution in [0.4, 0.5) is 0 Å². The van der Waals surface area contributed by atoms with Crippen LogP contribution in [0, 0.1) is 0 Å². The van der Waals surface area contributed by atoms with Crippen LogP contribution in [0.5, 0.6) is 11.5 Å². The van der Waals surface area contributed by atoms with Crippen molar-refractivity contribution >= 4 is 0 Å². The molecule has 4 nitrogen and oxygen atoms in total. The Labute approximate surface area is 109 Å². The molecule has 0 bridgehead atoms. The zero-order valence-corrected chi connectivity index (χ0v) is 11.4. The quantitative estimate of drug-likeness (QED) is 0.743. The summed E-state index contributed by atoms with van der Waals surface area (Å²) in [6, 6.07) is 5.89. The first-order valence-electron chi connectivity index (χ1n) is 6.35. The minimum atomic E-state index is -0.334. The second-order valence-corrected chi connectivity index (χ2v) is 4.31. The summed E-state index contributed by atoms with van der Waals surface area (Å²) in [5.41, 5.74) is 1.11. The average molecular weight is 253 g/mol. The molecule has 0 amide bonds. The molecule has 0 fully saturated rings. The van der Waals surface area contributed by atoms with Gasteiger partial charge in [-0.1, -0.05) is 13.0 Å². The van der Waals surface area contributed by atoms with E-state index >= 15 is 0 Å². The SMILES string of the molecule is CCCOc1ccc(CNC[C@H](C)O)cc1OC. The third kappa shape index (κ3) is 4.94. The monoisotopic (exact) mass is 253 g/mol. The summed E-state index contributed by atoms with van der Waals surface area (Å²) in [7, 11) is 1.64. The first-order chi connectivity index (χ1) is 8.67. The Morgan fingerprint density at radius 3 is 2.72 bits per heavy atom. The summed E-state index contributed by atoms with van der Waals surface area (Å²) in [5.74, 6) is 1.53. The molecule has 18 heavy (non-hydrogen) atoms. The van der Waals surface area contributed by atoms with Crippen LogP contribution in [0.1, 0.15) is 25.8 Å². The fourth-order valence-electron chi connectivity index (χ4n) is 1.58. The lowest BCUT2D eigenvalue weighted by Crippen LogP contribution is -2.23. The highest BCUT2D eigenvalue weighted by Crippen LogP contribution is 2.28. The van der Waals surface area contributed by atoms with Gasteiger partial charge in [-0.3, -0.25) is 0 Å². The Balaban J connectivity index is 2.60. The fraction of sp³-hybridized carbons (Fsp3) is 0.571. The summed E-state index contributed by atoms with van der Waals surface area (Å²) in [4.78, 5) is 0. The van der Waals surface area contributed by atoms with Crippen LogP contribution < -0.4 is 14.8 Å². The second-order valence-electron chi connectivity index (χ2n) is 4.31. The average Bonchev–Trinajstić information content (AvgIpc) is 2.36. The Kier molecular flexibility index (Phi) is 6.54. The standard InChI is InChI=1S/C14H23NO3/c1-4-7-18-13-6-5-12(8-14(13)17-3)10-15-9-11(2)16/h5-6,8,11,15-16H,4,7,9-10H2,1-3H3/t11-/m0/s1. The van der Waals surface area contributed by atoms with Crippen molar-refractivity contribution in [3.63, 3.8) is 0 Å². The van der Waals surface area contributed by atoms with Crippen LogP contribution in [0.25, 0.3) is 0 Å². The topological polar surface area (TPSA) is 50.7 Å².